The van der Waals surface area contributed by atoms with Gasteiger partial charge in [0.1, 0.15) is 17.4 Å². The summed E-state index contributed by atoms with van der Waals surface area (Å²) in [7, 11) is 0. The molecule has 4 aromatic rings. The molecular weight excluding hydrogens is 426 g/mol. The van der Waals surface area contributed by atoms with Crippen molar-refractivity contribution < 1.29 is 18.3 Å². The molecule has 4 rings (SSSR count). The molecule has 0 spiro atoms. The molecule has 0 saturated heterocycles. The standard InChI is InChI=1S/C25H22F2N4O2/c1-17-23(11-12-24(32)29-16-18-4-3-13-28-15-18)25(33-22-6-2-5-20(27)14-22)31(30-17)21-9-7-19(26)8-10-21/h2-10,13-15H,11-12,16H2,1H3,(H,29,32). The average molecular weight is 448 g/mol. The van der Waals surface area contributed by atoms with Crippen molar-refractivity contribution in [3.63, 3.8) is 0 Å². The molecule has 0 fully saturated rings. The van der Waals surface area contributed by atoms with E-state index in [1.54, 1.807) is 43.6 Å². The maximum atomic E-state index is 13.7. The Balaban J connectivity index is 1.56. The summed E-state index contributed by atoms with van der Waals surface area (Å²) in [5, 5.41) is 7.41. The third-order valence-electron chi connectivity index (χ3n) is 5.03. The number of aryl methyl sites for hydroxylation is 1. The van der Waals surface area contributed by atoms with Crippen LogP contribution in [0.2, 0.25) is 0 Å². The Labute approximate surface area is 189 Å². The van der Waals surface area contributed by atoms with Crippen molar-refractivity contribution in [2.45, 2.75) is 26.3 Å². The highest BCUT2D eigenvalue weighted by Gasteiger charge is 2.20. The fourth-order valence-electron chi connectivity index (χ4n) is 3.36. The molecule has 0 unspecified atom stereocenters. The molecule has 2 aromatic heterocycles. The Morgan fingerprint density at radius 1 is 1.06 bits per heavy atom. The van der Waals surface area contributed by atoms with Crippen LogP contribution in [0.4, 0.5) is 8.78 Å². The van der Waals surface area contributed by atoms with E-state index in [0.717, 1.165) is 5.56 Å². The lowest BCUT2D eigenvalue weighted by Crippen LogP contribution is -2.23. The summed E-state index contributed by atoms with van der Waals surface area (Å²) in [5.41, 5.74) is 2.85. The minimum atomic E-state index is -0.437. The molecule has 2 heterocycles. The van der Waals surface area contributed by atoms with E-state index in [-0.39, 0.29) is 18.1 Å². The smallest absolute Gasteiger partial charge is 0.226 e. The summed E-state index contributed by atoms with van der Waals surface area (Å²) in [6, 6.07) is 15.2. The number of nitrogens with zero attached hydrogens (tertiary/aromatic N) is 3. The number of rotatable bonds is 8. The van der Waals surface area contributed by atoms with Gasteiger partial charge in [-0.3, -0.25) is 9.78 Å². The molecule has 0 aliphatic rings. The van der Waals surface area contributed by atoms with Gasteiger partial charge in [0, 0.05) is 37.0 Å². The molecule has 1 N–H and O–H groups in total. The highest BCUT2D eigenvalue weighted by Crippen LogP contribution is 2.31. The van der Waals surface area contributed by atoms with E-state index in [0.29, 0.717) is 41.5 Å². The largest absolute Gasteiger partial charge is 0.439 e. The van der Waals surface area contributed by atoms with Gasteiger partial charge in [0.05, 0.1) is 11.4 Å². The van der Waals surface area contributed by atoms with E-state index in [9.17, 15) is 13.6 Å². The fourth-order valence-corrected chi connectivity index (χ4v) is 3.36. The van der Waals surface area contributed by atoms with Crippen molar-refractivity contribution in [3.05, 3.63) is 102 Å². The first-order chi connectivity index (χ1) is 16.0. The van der Waals surface area contributed by atoms with Gasteiger partial charge in [-0.05, 0) is 61.4 Å². The predicted octanol–water partition coefficient (Wildman–Crippen LogP) is 4.90. The highest BCUT2D eigenvalue weighted by molar-refractivity contribution is 5.76. The number of carbonyl (C=O) groups excluding carboxylic acids is 1. The Morgan fingerprint density at radius 2 is 1.88 bits per heavy atom. The van der Waals surface area contributed by atoms with Crippen molar-refractivity contribution in [2.24, 2.45) is 0 Å². The highest BCUT2D eigenvalue weighted by atomic mass is 19.1. The number of carbonyl (C=O) groups is 1. The second-order valence-corrected chi connectivity index (χ2v) is 7.45. The third-order valence-corrected chi connectivity index (χ3v) is 5.03. The molecule has 1 amide bonds. The van der Waals surface area contributed by atoms with Crippen LogP contribution in [0.25, 0.3) is 5.69 Å². The van der Waals surface area contributed by atoms with Crippen molar-refractivity contribution in [3.8, 4) is 17.3 Å². The van der Waals surface area contributed by atoms with E-state index in [2.05, 4.69) is 15.4 Å². The van der Waals surface area contributed by atoms with Crippen LogP contribution in [0.1, 0.15) is 23.2 Å². The Bertz CT molecular complexity index is 1240. The quantitative estimate of drug-likeness (QED) is 0.417. The van der Waals surface area contributed by atoms with Gasteiger partial charge >= 0.3 is 0 Å². The summed E-state index contributed by atoms with van der Waals surface area (Å²) in [5.74, 6) is -0.302. The number of benzene rings is 2. The summed E-state index contributed by atoms with van der Waals surface area (Å²) in [4.78, 5) is 16.5. The van der Waals surface area contributed by atoms with Crippen LogP contribution in [0.15, 0.2) is 73.1 Å². The minimum Gasteiger partial charge on any atom is -0.439 e. The van der Waals surface area contributed by atoms with Gasteiger partial charge in [-0.2, -0.15) is 5.10 Å². The lowest BCUT2D eigenvalue weighted by atomic mass is 10.1. The van der Waals surface area contributed by atoms with Gasteiger partial charge in [0.25, 0.3) is 0 Å². The van der Waals surface area contributed by atoms with E-state index < -0.39 is 5.82 Å². The van der Waals surface area contributed by atoms with Crippen molar-refractivity contribution in [2.75, 3.05) is 0 Å². The Kier molecular flexibility index (Phi) is 6.73. The van der Waals surface area contributed by atoms with Crippen LogP contribution >= 0.6 is 0 Å². The number of ether oxygens (including phenoxy) is 1. The average Bonchev–Trinajstić information content (AvgIpc) is 3.12. The summed E-state index contributed by atoms with van der Waals surface area (Å²) in [6.07, 6.45) is 3.93. The van der Waals surface area contributed by atoms with Crippen LogP contribution in [0.5, 0.6) is 11.6 Å². The monoisotopic (exact) mass is 448 g/mol. The van der Waals surface area contributed by atoms with Crippen molar-refractivity contribution >= 4 is 5.91 Å². The van der Waals surface area contributed by atoms with Gasteiger partial charge in [-0.25, -0.2) is 13.5 Å². The molecule has 0 aliphatic carbocycles. The number of hydrogen-bond donors (Lipinski definition) is 1. The number of hydrogen-bond acceptors (Lipinski definition) is 4. The molecule has 8 heteroatoms. The zero-order valence-electron chi connectivity index (χ0n) is 18.0. The molecular formula is C25H22F2N4O2. The normalized spacial score (nSPS) is 10.8. The number of aromatic nitrogens is 3. The van der Waals surface area contributed by atoms with E-state index in [1.165, 1.54) is 28.9 Å². The van der Waals surface area contributed by atoms with Gasteiger partial charge in [0.2, 0.25) is 11.8 Å². The first-order valence-electron chi connectivity index (χ1n) is 10.4. The molecule has 0 radical (unpaired) electrons. The first kappa shape index (κ1) is 22.1. The maximum Gasteiger partial charge on any atom is 0.226 e. The number of amides is 1. The first-order valence-corrected chi connectivity index (χ1v) is 10.4. The minimum absolute atomic E-state index is 0.135. The van der Waals surface area contributed by atoms with Gasteiger partial charge in [-0.1, -0.05) is 12.1 Å². The topological polar surface area (TPSA) is 69.0 Å². The van der Waals surface area contributed by atoms with Gasteiger partial charge in [0.15, 0.2) is 0 Å². The SMILES string of the molecule is Cc1nn(-c2ccc(F)cc2)c(Oc2cccc(F)c2)c1CCC(=O)NCc1cccnc1. The fraction of sp³-hybridized carbons (Fsp3) is 0.160. The lowest BCUT2D eigenvalue weighted by molar-refractivity contribution is -0.121. The second kappa shape index (κ2) is 10.0. The van der Waals surface area contributed by atoms with Crippen LogP contribution in [0, 0.1) is 18.6 Å². The van der Waals surface area contributed by atoms with Crippen LogP contribution in [-0.2, 0) is 17.8 Å². The number of nitrogens with one attached hydrogen (secondary N) is 1. The van der Waals surface area contributed by atoms with Crippen LogP contribution < -0.4 is 10.1 Å². The lowest BCUT2D eigenvalue weighted by Gasteiger charge is -2.12. The summed E-state index contributed by atoms with van der Waals surface area (Å²) < 4.78 is 34.7. The molecule has 0 atom stereocenters. The van der Waals surface area contributed by atoms with Crippen molar-refractivity contribution in [1.29, 1.82) is 0 Å². The second-order valence-electron chi connectivity index (χ2n) is 7.45. The molecule has 0 bridgehead atoms. The van der Waals surface area contributed by atoms with E-state index in [1.807, 2.05) is 12.1 Å². The Morgan fingerprint density at radius 3 is 2.61 bits per heavy atom. The molecule has 0 saturated carbocycles. The maximum absolute atomic E-state index is 13.7. The third kappa shape index (κ3) is 5.60. The molecule has 0 aliphatic heterocycles. The molecule has 33 heavy (non-hydrogen) atoms. The zero-order chi connectivity index (χ0) is 23.2. The molecule has 168 valence electrons. The van der Waals surface area contributed by atoms with E-state index in [4.69, 9.17) is 4.74 Å². The summed E-state index contributed by atoms with van der Waals surface area (Å²) in [6.45, 7) is 2.19. The molecule has 6 nitrogen and oxygen atoms in total. The van der Waals surface area contributed by atoms with Gasteiger partial charge in [-0.15, -0.1) is 0 Å². The van der Waals surface area contributed by atoms with E-state index >= 15 is 0 Å². The number of pyridine rings is 1. The van der Waals surface area contributed by atoms with Crippen LogP contribution in [0.3, 0.4) is 0 Å². The van der Waals surface area contributed by atoms with Gasteiger partial charge < -0.3 is 10.1 Å². The molecule has 2 aromatic carbocycles. The van der Waals surface area contributed by atoms with Crippen LogP contribution in [-0.4, -0.2) is 20.7 Å². The number of halogens is 2. The Hall–Kier alpha value is -4.07. The summed E-state index contributed by atoms with van der Waals surface area (Å²) >= 11 is 0. The predicted molar refractivity (Wildman–Crippen MR) is 119 cm³/mol. The van der Waals surface area contributed by atoms with Crippen molar-refractivity contribution in [1.82, 2.24) is 20.1 Å². The zero-order valence-corrected chi connectivity index (χ0v) is 18.0.